The molecule has 1 rings (SSSR count). The quantitative estimate of drug-likeness (QED) is 0.726. The average molecular weight is 276 g/mol. The summed E-state index contributed by atoms with van der Waals surface area (Å²) in [7, 11) is 3.09. The molecule has 1 atom stereocenters. The Morgan fingerprint density at radius 1 is 1.30 bits per heavy atom. The van der Waals surface area contributed by atoms with E-state index in [0.717, 1.165) is 5.56 Å². The van der Waals surface area contributed by atoms with Gasteiger partial charge >= 0.3 is 0 Å². The molecule has 1 aromatic carbocycles. The zero-order valence-corrected chi connectivity index (χ0v) is 11.9. The lowest BCUT2D eigenvalue weighted by Crippen LogP contribution is -2.38. The van der Waals surface area contributed by atoms with Crippen molar-refractivity contribution in [1.29, 1.82) is 5.26 Å². The molecular formula is C15H20N2O3. The third kappa shape index (κ3) is 4.65. The van der Waals surface area contributed by atoms with Gasteiger partial charge in [-0.1, -0.05) is 30.3 Å². The van der Waals surface area contributed by atoms with E-state index in [-0.39, 0.29) is 5.91 Å². The summed E-state index contributed by atoms with van der Waals surface area (Å²) >= 11 is 0. The number of nitriles is 1. The molecule has 0 saturated carbocycles. The number of carbonyl (C=O) groups excluding carboxylic acids is 1. The van der Waals surface area contributed by atoms with E-state index < -0.39 is 6.10 Å². The second-order valence-corrected chi connectivity index (χ2v) is 4.25. The molecule has 5 nitrogen and oxygen atoms in total. The van der Waals surface area contributed by atoms with E-state index in [9.17, 15) is 4.79 Å². The lowest BCUT2D eigenvalue weighted by Gasteiger charge is -2.26. The summed E-state index contributed by atoms with van der Waals surface area (Å²) in [5.74, 6) is -0.147. The van der Waals surface area contributed by atoms with Crippen LogP contribution in [0.4, 0.5) is 0 Å². The zero-order chi connectivity index (χ0) is 14.8. The van der Waals surface area contributed by atoms with Gasteiger partial charge in [0.2, 0.25) is 0 Å². The van der Waals surface area contributed by atoms with Crippen molar-refractivity contribution in [3.05, 3.63) is 35.9 Å². The Morgan fingerprint density at radius 3 is 2.55 bits per heavy atom. The van der Waals surface area contributed by atoms with E-state index in [1.807, 2.05) is 30.3 Å². The van der Waals surface area contributed by atoms with Crippen molar-refractivity contribution in [2.24, 2.45) is 0 Å². The Labute approximate surface area is 119 Å². The normalized spacial score (nSPS) is 11.7. The van der Waals surface area contributed by atoms with Gasteiger partial charge in [-0.3, -0.25) is 4.79 Å². The van der Waals surface area contributed by atoms with E-state index in [4.69, 9.17) is 14.7 Å². The van der Waals surface area contributed by atoms with Gasteiger partial charge in [-0.15, -0.1) is 0 Å². The van der Waals surface area contributed by atoms with E-state index >= 15 is 0 Å². The van der Waals surface area contributed by atoms with Gasteiger partial charge in [0.25, 0.3) is 5.91 Å². The molecule has 5 heteroatoms. The Balaban J connectivity index is 2.82. The molecule has 0 aliphatic heterocycles. The van der Waals surface area contributed by atoms with Crippen LogP contribution in [0.1, 0.15) is 18.1 Å². The van der Waals surface area contributed by atoms with Gasteiger partial charge in [-0.2, -0.15) is 5.26 Å². The summed E-state index contributed by atoms with van der Waals surface area (Å²) in [6.07, 6.45) is -0.354. The molecule has 0 heterocycles. The third-order valence-electron chi connectivity index (χ3n) is 2.93. The molecule has 1 unspecified atom stereocenters. The molecular weight excluding hydrogens is 256 g/mol. The molecule has 0 saturated heterocycles. The Bertz CT molecular complexity index is 442. The molecule has 0 aromatic heterocycles. The van der Waals surface area contributed by atoms with Gasteiger partial charge in [0.05, 0.1) is 19.1 Å². The number of rotatable bonds is 8. The Hall–Kier alpha value is -1.90. The van der Waals surface area contributed by atoms with Crippen LogP contribution in [0.25, 0.3) is 0 Å². The van der Waals surface area contributed by atoms with E-state index in [0.29, 0.717) is 26.1 Å². The van der Waals surface area contributed by atoms with E-state index in [2.05, 4.69) is 6.07 Å². The topological polar surface area (TPSA) is 62.6 Å². The maximum absolute atomic E-state index is 12.5. The number of benzene rings is 1. The second-order valence-electron chi connectivity index (χ2n) is 4.25. The van der Waals surface area contributed by atoms with Gasteiger partial charge in [-0.05, 0) is 5.56 Å². The predicted octanol–water partition coefficient (Wildman–Crippen LogP) is 1.76. The maximum Gasteiger partial charge on any atom is 0.256 e. The van der Waals surface area contributed by atoms with Crippen molar-refractivity contribution in [1.82, 2.24) is 4.90 Å². The number of methoxy groups -OCH3 is 2. The van der Waals surface area contributed by atoms with Crippen LogP contribution in [-0.2, 0) is 14.3 Å². The zero-order valence-electron chi connectivity index (χ0n) is 11.9. The fraction of sp³-hybridized carbons (Fsp3) is 0.467. The van der Waals surface area contributed by atoms with Crippen LogP contribution in [0.5, 0.6) is 0 Å². The van der Waals surface area contributed by atoms with Gasteiger partial charge in [0.1, 0.15) is 0 Å². The second kappa shape index (κ2) is 9.08. The Kier molecular flexibility index (Phi) is 7.33. The average Bonchev–Trinajstić information content (AvgIpc) is 2.49. The molecule has 20 heavy (non-hydrogen) atoms. The lowest BCUT2D eigenvalue weighted by molar-refractivity contribution is -0.143. The molecule has 1 amide bonds. The Morgan fingerprint density at radius 2 is 2.00 bits per heavy atom. The van der Waals surface area contributed by atoms with Crippen LogP contribution in [0.2, 0.25) is 0 Å². The van der Waals surface area contributed by atoms with Crippen molar-refractivity contribution in [2.75, 3.05) is 33.9 Å². The highest BCUT2D eigenvalue weighted by atomic mass is 16.5. The first-order valence-corrected chi connectivity index (χ1v) is 6.47. The first kappa shape index (κ1) is 16.2. The molecule has 108 valence electrons. The summed E-state index contributed by atoms with van der Waals surface area (Å²) in [5.41, 5.74) is 0.805. The first-order valence-electron chi connectivity index (χ1n) is 6.47. The maximum atomic E-state index is 12.5. The first-order chi connectivity index (χ1) is 9.74. The smallest absolute Gasteiger partial charge is 0.256 e. The highest BCUT2D eigenvalue weighted by Crippen LogP contribution is 2.19. The van der Waals surface area contributed by atoms with E-state index in [1.54, 1.807) is 12.0 Å². The molecule has 0 aliphatic rings. The van der Waals surface area contributed by atoms with Gasteiger partial charge in [0.15, 0.2) is 6.10 Å². The van der Waals surface area contributed by atoms with Crippen LogP contribution in [0.3, 0.4) is 0 Å². The standard InChI is InChI=1S/C15H20N2O3/c1-19-12-11-17(10-6-9-16)15(18)14(20-2)13-7-4-3-5-8-13/h3-5,7-8,14H,6,10-12H2,1-2H3. The van der Waals surface area contributed by atoms with Crippen LogP contribution in [0.15, 0.2) is 30.3 Å². The van der Waals surface area contributed by atoms with Crippen molar-refractivity contribution in [3.63, 3.8) is 0 Å². The van der Waals surface area contributed by atoms with Crippen LogP contribution in [0, 0.1) is 11.3 Å². The minimum absolute atomic E-state index is 0.147. The van der Waals surface area contributed by atoms with Crippen LogP contribution >= 0.6 is 0 Å². The minimum Gasteiger partial charge on any atom is -0.383 e. The fourth-order valence-corrected chi connectivity index (χ4v) is 1.89. The summed E-state index contributed by atoms with van der Waals surface area (Å²) in [6, 6.07) is 11.4. The molecule has 0 fully saturated rings. The fourth-order valence-electron chi connectivity index (χ4n) is 1.89. The summed E-state index contributed by atoms with van der Waals surface area (Å²) in [4.78, 5) is 14.1. The van der Waals surface area contributed by atoms with Gasteiger partial charge < -0.3 is 14.4 Å². The molecule has 0 radical (unpaired) electrons. The molecule has 0 N–H and O–H groups in total. The summed E-state index contributed by atoms with van der Waals surface area (Å²) in [5, 5.41) is 8.68. The molecule has 0 spiro atoms. The van der Waals surface area contributed by atoms with E-state index in [1.165, 1.54) is 7.11 Å². The largest absolute Gasteiger partial charge is 0.383 e. The summed E-state index contributed by atoms with van der Waals surface area (Å²) < 4.78 is 10.3. The third-order valence-corrected chi connectivity index (χ3v) is 2.93. The van der Waals surface area contributed by atoms with Crippen molar-refractivity contribution < 1.29 is 14.3 Å². The monoisotopic (exact) mass is 276 g/mol. The number of ether oxygens (including phenoxy) is 2. The highest BCUT2D eigenvalue weighted by molar-refractivity contribution is 5.82. The summed E-state index contributed by atoms with van der Waals surface area (Å²) in [6.45, 7) is 1.26. The van der Waals surface area contributed by atoms with Crippen molar-refractivity contribution >= 4 is 5.91 Å². The number of carbonyl (C=O) groups is 1. The van der Waals surface area contributed by atoms with Crippen molar-refractivity contribution in [3.8, 4) is 6.07 Å². The van der Waals surface area contributed by atoms with Crippen LogP contribution < -0.4 is 0 Å². The number of amides is 1. The lowest BCUT2D eigenvalue weighted by atomic mass is 10.1. The molecule has 0 aliphatic carbocycles. The predicted molar refractivity (Wildman–Crippen MR) is 74.9 cm³/mol. The minimum atomic E-state index is -0.647. The highest BCUT2D eigenvalue weighted by Gasteiger charge is 2.25. The van der Waals surface area contributed by atoms with Crippen LogP contribution in [-0.4, -0.2) is 44.7 Å². The SMILES string of the molecule is COCCN(CCC#N)C(=O)C(OC)c1ccccc1. The van der Waals surface area contributed by atoms with Gasteiger partial charge in [-0.25, -0.2) is 0 Å². The number of nitrogens with zero attached hydrogens (tertiary/aromatic N) is 2. The number of hydrogen-bond acceptors (Lipinski definition) is 4. The number of hydrogen-bond donors (Lipinski definition) is 0. The molecule has 0 bridgehead atoms. The molecule has 1 aromatic rings. The van der Waals surface area contributed by atoms with Crippen molar-refractivity contribution in [2.45, 2.75) is 12.5 Å². The van der Waals surface area contributed by atoms with Gasteiger partial charge in [0, 0.05) is 27.3 Å².